The van der Waals surface area contributed by atoms with E-state index in [-0.39, 0.29) is 6.10 Å². The first-order valence-corrected chi connectivity index (χ1v) is 10.0. The Morgan fingerprint density at radius 1 is 1.15 bits per heavy atom. The van der Waals surface area contributed by atoms with Crippen LogP contribution in [-0.4, -0.2) is 17.8 Å². The summed E-state index contributed by atoms with van der Waals surface area (Å²) in [7, 11) is 0. The van der Waals surface area contributed by atoms with E-state index in [0.717, 1.165) is 45.8 Å². The maximum Gasteiger partial charge on any atom is 0.144 e. The molecule has 3 rings (SSSR count). The standard InChI is InChI=1S/C21H27BrN2O2/c1-6-17(7-2)26-19-10-15(5)23-21-18(19)11-25-12-24(21)20-13(3)8-16(22)9-14(20)4/h8-10,17H,6-7,11-12H2,1-5H3. The molecule has 5 heteroatoms. The molecule has 0 aliphatic carbocycles. The van der Waals surface area contributed by atoms with Gasteiger partial charge >= 0.3 is 0 Å². The molecule has 1 aromatic heterocycles. The molecule has 0 spiro atoms. The van der Waals surface area contributed by atoms with E-state index in [0.29, 0.717) is 13.3 Å². The number of halogens is 1. The van der Waals surface area contributed by atoms with E-state index in [1.165, 1.54) is 11.1 Å². The Balaban J connectivity index is 2.09. The van der Waals surface area contributed by atoms with Crippen molar-refractivity contribution < 1.29 is 9.47 Å². The molecule has 0 N–H and O–H groups in total. The van der Waals surface area contributed by atoms with Gasteiger partial charge in [0.2, 0.25) is 0 Å². The van der Waals surface area contributed by atoms with Gasteiger partial charge < -0.3 is 14.4 Å². The van der Waals surface area contributed by atoms with Crippen molar-refractivity contribution in [3.05, 3.63) is 45.1 Å². The molecule has 0 radical (unpaired) electrons. The second kappa shape index (κ2) is 7.97. The van der Waals surface area contributed by atoms with Gasteiger partial charge in [-0.3, -0.25) is 0 Å². The zero-order chi connectivity index (χ0) is 18.8. The summed E-state index contributed by atoms with van der Waals surface area (Å²) in [6, 6.07) is 6.30. The molecule has 0 bridgehead atoms. The van der Waals surface area contributed by atoms with E-state index in [9.17, 15) is 0 Å². The second-order valence-corrected chi connectivity index (χ2v) is 7.83. The van der Waals surface area contributed by atoms with Crippen LogP contribution in [0, 0.1) is 20.8 Å². The fraction of sp³-hybridized carbons (Fsp3) is 0.476. The molecule has 4 nitrogen and oxygen atoms in total. The average Bonchev–Trinajstić information content (AvgIpc) is 2.59. The lowest BCUT2D eigenvalue weighted by molar-refractivity contribution is 0.109. The summed E-state index contributed by atoms with van der Waals surface area (Å²) < 4.78 is 13.3. The van der Waals surface area contributed by atoms with Gasteiger partial charge in [-0.15, -0.1) is 0 Å². The SMILES string of the molecule is CCC(CC)Oc1cc(C)nc2c1COCN2c1c(C)cc(Br)cc1C. The molecule has 26 heavy (non-hydrogen) atoms. The molecule has 1 aliphatic heterocycles. The van der Waals surface area contributed by atoms with Crippen LogP contribution in [0.3, 0.4) is 0 Å². The number of benzene rings is 1. The van der Waals surface area contributed by atoms with Crippen LogP contribution >= 0.6 is 15.9 Å². The Morgan fingerprint density at radius 2 is 1.81 bits per heavy atom. The van der Waals surface area contributed by atoms with Crippen LogP contribution < -0.4 is 9.64 Å². The monoisotopic (exact) mass is 418 g/mol. The number of anilines is 2. The molecule has 0 saturated carbocycles. The highest BCUT2D eigenvalue weighted by molar-refractivity contribution is 9.10. The Kier molecular flexibility index (Phi) is 5.88. The minimum absolute atomic E-state index is 0.215. The number of nitrogens with zero attached hydrogens (tertiary/aromatic N) is 2. The summed E-state index contributed by atoms with van der Waals surface area (Å²) in [6.07, 6.45) is 2.19. The van der Waals surface area contributed by atoms with E-state index in [1.54, 1.807) is 0 Å². The van der Waals surface area contributed by atoms with Crippen molar-refractivity contribution in [2.45, 2.75) is 60.2 Å². The summed E-state index contributed by atoms with van der Waals surface area (Å²) in [5.41, 5.74) is 5.54. The van der Waals surface area contributed by atoms with Crippen LogP contribution in [0.15, 0.2) is 22.7 Å². The number of hydrogen-bond donors (Lipinski definition) is 0. The van der Waals surface area contributed by atoms with Crippen molar-refractivity contribution in [3.8, 4) is 5.75 Å². The number of aryl methyl sites for hydroxylation is 3. The molecule has 0 amide bonds. The molecule has 0 saturated heterocycles. The zero-order valence-corrected chi connectivity index (χ0v) is 17.8. The lowest BCUT2D eigenvalue weighted by Gasteiger charge is -2.34. The third-order valence-electron chi connectivity index (χ3n) is 4.84. The quantitative estimate of drug-likeness (QED) is 0.599. The molecule has 0 unspecified atom stereocenters. The number of aromatic nitrogens is 1. The minimum atomic E-state index is 0.215. The van der Waals surface area contributed by atoms with E-state index in [4.69, 9.17) is 14.5 Å². The predicted octanol–water partition coefficient (Wildman–Crippen LogP) is 5.96. The molecule has 140 valence electrons. The van der Waals surface area contributed by atoms with Crippen molar-refractivity contribution in [3.63, 3.8) is 0 Å². The molecule has 2 aromatic rings. The van der Waals surface area contributed by atoms with E-state index < -0.39 is 0 Å². The highest BCUT2D eigenvalue weighted by atomic mass is 79.9. The first-order valence-electron chi connectivity index (χ1n) is 9.23. The second-order valence-electron chi connectivity index (χ2n) is 6.91. The van der Waals surface area contributed by atoms with Gasteiger partial charge in [0.05, 0.1) is 24.0 Å². The number of rotatable bonds is 5. The topological polar surface area (TPSA) is 34.6 Å². The van der Waals surface area contributed by atoms with Crippen LogP contribution in [0.5, 0.6) is 5.75 Å². The van der Waals surface area contributed by atoms with E-state index in [1.807, 2.05) is 13.0 Å². The van der Waals surface area contributed by atoms with Crippen LogP contribution in [0.1, 0.15) is 49.1 Å². The van der Waals surface area contributed by atoms with Crippen molar-refractivity contribution in [1.29, 1.82) is 0 Å². The van der Waals surface area contributed by atoms with Crippen molar-refractivity contribution in [2.24, 2.45) is 0 Å². The first kappa shape index (κ1) is 19.2. The molecule has 1 aromatic carbocycles. The summed E-state index contributed by atoms with van der Waals surface area (Å²) >= 11 is 3.58. The van der Waals surface area contributed by atoms with Gasteiger partial charge in [0.25, 0.3) is 0 Å². The largest absolute Gasteiger partial charge is 0.490 e. The van der Waals surface area contributed by atoms with Crippen molar-refractivity contribution >= 4 is 27.4 Å². The molecule has 1 aliphatic rings. The van der Waals surface area contributed by atoms with Crippen molar-refractivity contribution in [2.75, 3.05) is 11.6 Å². The Morgan fingerprint density at radius 3 is 2.42 bits per heavy atom. The van der Waals surface area contributed by atoms with Crippen molar-refractivity contribution in [1.82, 2.24) is 4.98 Å². The Hall–Kier alpha value is -1.59. The van der Waals surface area contributed by atoms with Gasteiger partial charge in [-0.25, -0.2) is 4.98 Å². The number of pyridine rings is 1. The van der Waals surface area contributed by atoms with Crippen LogP contribution in [-0.2, 0) is 11.3 Å². The van der Waals surface area contributed by atoms with Gasteiger partial charge in [0.15, 0.2) is 0 Å². The van der Waals surface area contributed by atoms with Gasteiger partial charge in [-0.05, 0) is 56.9 Å². The van der Waals surface area contributed by atoms with Gasteiger partial charge in [0.1, 0.15) is 18.3 Å². The van der Waals surface area contributed by atoms with Crippen LogP contribution in [0.2, 0.25) is 0 Å². The minimum Gasteiger partial charge on any atom is -0.490 e. The zero-order valence-electron chi connectivity index (χ0n) is 16.2. The fourth-order valence-electron chi connectivity index (χ4n) is 3.55. The van der Waals surface area contributed by atoms with Gasteiger partial charge in [-0.2, -0.15) is 0 Å². The Labute approximate surface area is 164 Å². The summed E-state index contributed by atoms with van der Waals surface area (Å²) in [4.78, 5) is 7.02. The number of ether oxygens (including phenoxy) is 2. The summed E-state index contributed by atoms with van der Waals surface area (Å²) in [5.74, 6) is 1.85. The summed E-state index contributed by atoms with van der Waals surface area (Å²) in [6.45, 7) is 11.6. The average molecular weight is 419 g/mol. The lowest BCUT2D eigenvalue weighted by atomic mass is 10.1. The third kappa shape index (κ3) is 3.74. The van der Waals surface area contributed by atoms with Gasteiger partial charge in [0, 0.05) is 16.2 Å². The molecule has 0 fully saturated rings. The Bertz CT molecular complexity index is 780. The third-order valence-corrected chi connectivity index (χ3v) is 5.30. The maximum atomic E-state index is 6.30. The molecule has 2 heterocycles. The number of hydrogen-bond acceptors (Lipinski definition) is 4. The first-order chi connectivity index (χ1) is 12.4. The van der Waals surface area contributed by atoms with Crippen LogP contribution in [0.4, 0.5) is 11.5 Å². The molecule has 0 atom stereocenters. The summed E-state index contributed by atoms with van der Waals surface area (Å²) in [5, 5.41) is 0. The lowest BCUT2D eigenvalue weighted by Crippen LogP contribution is -2.30. The smallest absolute Gasteiger partial charge is 0.144 e. The number of fused-ring (bicyclic) bond motifs is 1. The predicted molar refractivity (Wildman–Crippen MR) is 109 cm³/mol. The van der Waals surface area contributed by atoms with Crippen LogP contribution in [0.25, 0.3) is 0 Å². The van der Waals surface area contributed by atoms with E-state index >= 15 is 0 Å². The highest BCUT2D eigenvalue weighted by Crippen LogP contribution is 2.40. The highest BCUT2D eigenvalue weighted by Gasteiger charge is 2.27. The normalized spacial score (nSPS) is 13.9. The van der Waals surface area contributed by atoms with E-state index in [2.05, 4.69) is 60.7 Å². The molecular formula is C21H27BrN2O2. The maximum absolute atomic E-state index is 6.30. The fourth-order valence-corrected chi connectivity index (χ4v) is 4.24. The molecular weight excluding hydrogens is 392 g/mol. The van der Waals surface area contributed by atoms with Gasteiger partial charge in [-0.1, -0.05) is 29.8 Å².